The SMILES string of the molecule is Cc1ccc(-n2nc(-c3ccccc3)c(CCl)c2Cl)nn1. The van der Waals surface area contributed by atoms with Crippen molar-refractivity contribution in [2.45, 2.75) is 12.8 Å². The first kappa shape index (κ1) is 14.0. The van der Waals surface area contributed by atoms with Gasteiger partial charge in [-0.25, -0.2) is 4.68 Å². The Labute approximate surface area is 132 Å². The zero-order chi connectivity index (χ0) is 14.8. The van der Waals surface area contributed by atoms with E-state index in [-0.39, 0.29) is 5.88 Å². The lowest BCUT2D eigenvalue weighted by atomic mass is 10.1. The smallest absolute Gasteiger partial charge is 0.177 e. The molecule has 0 saturated heterocycles. The highest BCUT2D eigenvalue weighted by Gasteiger charge is 2.18. The molecule has 6 heteroatoms. The molecule has 0 spiro atoms. The molecule has 0 aliphatic heterocycles. The number of hydrogen-bond donors (Lipinski definition) is 0. The highest BCUT2D eigenvalue weighted by atomic mass is 35.5. The number of hydrogen-bond acceptors (Lipinski definition) is 3. The van der Waals surface area contributed by atoms with E-state index in [9.17, 15) is 0 Å². The minimum Gasteiger partial charge on any atom is -0.201 e. The van der Waals surface area contributed by atoms with Gasteiger partial charge in [-0.15, -0.1) is 16.7 Å². The second-order valence-corrected chi connectivity index (χ2v) is 5.19. The zero-order valence-electron chi connectivity index (χ0n) is 11.3. The number of aryl methyl sites for hydroxylation is 1. The van der Waals surface area contributed by atoms with E-state index in [1.54, 1.807) is 4.68 Å². The molecule has 0 bridgehead atoms. The van der Waals surface area contributed by atoms with Crippen molar-refractivity contribution in [2.75, 3.05) is 0 Å². The van der Waals surface area contributed by atoms with Gasteiger partial charge in [-0.05, 0) is 19.1 Å². The molecule has 0 N–H and O–H groups in total. The molecule has 0 radical (unpaired) electrons. The fourth-order valence-electron chi connectivity index (χ4n) is 2.03. The molecular weight excluding hydrogens is 307 g/mol. The molecular formula is C15H12Cl2N4. The van der Waals surface area contributed by atoms with Gasteiger partial charge >= 0.3 is 0 Å². The summed E-state index contributed by atoms with van der Waals surface area (Å²) in [6.45, 7) is 1.88. The van der Waals surface area contributed by atoms with Crippen molar-refractivity contribution in [2.24, 2.45) is 0 Å². The molecule has 3 aromatic rings. The van der Waals surface area contributed by atoms with Crippen LogP contribution in [0.1, 0.15) is 11.3 Å². The number of halogens is 2. The number of alkyl halides is 1. The third-order valence-electron chi connectivity index (χ3n) is 3.10. The first-order valence-corrected chi connectivity index (χ1v) is 7.31. The molecule has 2 aromatic heterocycles. The maximum absolute atomic E-state index is 6.40. The number of rotatable bonds is 3. The zero-order valence-corrected chi connectivity index (χ0v) is 12.8. The molecule has 0 amide bonds. The van der Waals surface area contributed by atoms with Crippen molar-refractivity contribution in [3.05, 3.63) is 58.9 Å². The normalized spacial score (nSPS) is 10.8. The Bertz CT molecular complexity index is 751. The predicted octanol–water partition coefficient (Wildman–Crippen LogP) is 4.03. The first-order valence-electron chi connectivity index (χ1n) is 6.40. The summed E-state index contributed by atoms with van der Waals surface area (Å²) in [7, 11) is 0. The van der Waals surface area contributed by atoms with Crippen LogP contribution >= 0.6 is 23.2 Å². The van der Waals surface area contributed by atoms with E-state index in [0.717, 1.165) is 22.5 Å². The van der Waals surface area contributed by atoms with Gasteiger partial charge in [0.1, 0.15) is 5.15 Å². The van der Waals surface area contributed by atoms with Gasteiger partial charge in [0.05, 0.1) is 17.3 Å². The van der Waals surface area contributed by atoms with Gasteiger partial charge in [-0.1, -0.05) is 41.9 Å². The highest BCUT2D eigenvalue weighted by Crippen LogP contribution is 2.31. The van der Waals surface area contributed by atoms with Crippen LogP contribution in [0.25, 0.3) is 17.1 Å². The van der Waals surface area contributed by atoms with Crippen LogP contribution < -0.4 is 0 Å². The summed E-state index contributed by atoms with van der Waals surface area (Å²) in [5.74, 6) is 0.849. The fourth-order valence-corrected chi connectivity index (χ4v) is 2.64. The van der Waals surface area contributed by atoms with Crippen LogP contribution in [-0.4, -0.2) is 20.0 Å². The Kier molecular flexibility index (Phi) is 3.90. The summed E-state index contributed by atoms with van der Waals surface area (Å²) < 4.78 is 1.56. The second-order valence-electron chi connectivity index (χ2n) is 4.56. The average Bonchev–Trinajstić information content (AvgIpc) is 2.86. The summed E-state index contributed by atoms with van der Waals surface area (Å²) in [6, 6.07) is 13.5. The summed E-state index contributed by atoms with van der Waals surface area (Å²) >= 11 is 12.4. The van der Waals surface area contributed by atoms with Crippen LogP contribution in [0.4, 0.5) is 0 Å². The quantitative estimate of drug-likeness (QED) is 0.685. The predicted molar refractivity (Wildman–Crippen MR) is 83.9 cm³/mol. The van der Waals surface area contributed by atoms with Crippen molar-refractivity contribution in [1.29, 1.82) is 0 Å². The summed E-state index contributed by atoms with van der Waals surface area (Å²) in [6.07, 6.45) is 0. The van der Waals surface area contributed by atoms with Crippen molar-refractivity contribution in [1.82, 2.24) is 20.0 Å². The third-order valence-corrected chi connectivity index (χ3v) is 3.76. The lowest BCUT2D eigenvalue weighted by molar-refractivity contribution is 0.809. The Hall–Kier alpha value is -1.91. The number of nitrogens with zero attached hydrogens (tertiary/aromatic N) is 4. The lowest BCUT2D eigenvalue weighted by Gasteiger charge is -2.01. The Balaban J connectivity index is 2.16. The van der Waals surface area contributed by atoms with Crippen molar-refractivity contribution >= 4 is 23.2 Å². The average molecular weight is 319 g/mol. The number of benzene rings is 1. The molecule has 0 unspecified atom stereocenters. The Morgan fingerprint density at radius 2 is 1.81 bits per heavy atom. The molecule has 2 heterocycles. The summed E-state index contributed by atoms with van der Waals surface area (Å²) in [4.78, 5) is 0. The topological polar surface area (TPSA) is 43.6 Å². The monoisotopic (exact) mass is 318 g/mol. The molecule has 0 atom stereocenters. The molecule has 0 aliphatic rings. The van der Waals surface area contributed by atoms with Crippen LogP contribution in [0.3, 0.4) is 0 Å². The van der Waals surface area contributed by atoms with E-state index in [0.29, 0.717) is 11.0 Å². The van der Waals surface area contributed by atoms with Gasteiger partial charge in [-0.3, -0.25) is 0 Å². The van der Waals surface area contributed by atoms with Gasteiger partial charge in [0.2, 0.25) is 0 Å². The van der Waals surface area contributed by atoms with E-state index < -0.39 is 0 Å². The molecule has 21 heavy (non-hydrogen) atoms. The largest absolute Gasteiger partial charge is 0.201 e. The van der Waals surface area contributed by atoms with Gasteiger partial charge in [0.25, 0.3) is 0 Å². The maximum atomic E-state index is 6.40. The van der Waals surface area contributed by atoms with Crippen molar-refractivity contribution < 1.29 is 0 Å². The molecule has 1 aromatic carbocycles. The minimum atomic E-state index is 0.280. The van der Waals surface area contributed by atoms with Gasteiger partial charge in [-0.2, -0.15) is 10.2 Å². The van der Waals surface area contributed by atoms with Crippen LogP contribution in [0.5, 0.6) is 0 Å². The molecule has 0 saturated carbocycles. The standard InChI is InChI=1S/C15H12Cl2N4/c1-10-7-8-13(19-18-10)21-15(17)12(9-16)14(20-21)11-5-3-2-4-6-11/h2-8H,9H2,1H3. The Morgan fingerprint density at radius 1 is 1.05 bits per heavy atom. The molecule has 4 nitrogen and oxygen atoms in total. The summed E-state index contributed by atoms with van der Waals surface area (Å²) in [5.41, 5.74) is 3.35. The van der Waals surface area contributed by atoms with Crippen molar-refractivity contribution in [3.63, 3.8) is 0 Å². The van der Waals surface area contributed by atoms with Gasteiger partial charge in [0, 0.05) is 11.1 Å². The van der Waals surface area contributed by atoms with Gasteiger partial charge in [0.15, 0.2) is 5.82 Å². The lowest BCUT2D eigenvalue weighted by Crippen LogP contribution is -2.02. The second kappa shape index (κ2) is 5.84. The van der Waals surface area contributed by atoms with Crippen LogP contribution in [0.2, 0.25) is 5.15 Å². The molecule has 0 fully saturated rings. The van der Waals surface area contributed by atoms with E-state index in [4.69, 9.17) is 23.2 Å². The fraction of sp³-hybridized carbons (Fsp3) is 0.133. The molecule has 3 rings (SSSR count). The van der Waals surface area contributed by atoms with Crippen molar-refractivity contribution in [3.8, 4) is 17.1 Å². The van der Waals surface area contributed by atoms with E-state index in [1.165, 1.54) is 0 Å². The van der Waals surface area contributed by atoms with Crippen LogP contribution in [0.15, 0.2) is 42.5 Å². The number of aromatic nitrogens is 4. The van der Waals surface area contributed by atoms with E-state index >= 15 is 0 Å². The highest BCUT2D eigenvalue weighted by molar-refractivity contribution is 6.32. The maximum Gasteiger partial charge on any atom is 0.177 e. The van der Waals surface area contributed by atoms with Crippen LogP contribution in [-0.2, 0) is 5.88 Å². The van der Waals surface area contributed by atoms with Gasteiger partial charge < -0.3 is 0 Å². The molecule has 106 valence electrons. The first-order chi connectivity index (χ1) is 10.2. The molecule has 0 aliphatic carbocycles. The Morgan fingerprint density at radius 3 is 2.43 bits per heavy atom. The third kappa shape index (κ3) is 2.64. The minimum absolute atomic E-state index is 0.280. The van der Waals surface area contributed by atoms with E-state index in [2.05, 4.69) is 15.3 Å². The van der Waals surface area contributed by atoms with E-state index in [1.807, 2.05) is 49.4 Å². The summed E-state index contributed by atoms with van der Waals surface area (Å²) in [5, 5.41) is 13.2. The van der Waals surface area contributed by atoms with Crippen LogP contribution in [0, 0.1) is 6.92 Å².